The van der Waals surface area contributed by atoms with E-state index in [0.717, 1.165) is 33.2 Å². The van der Waals surface area contributed by atoms with Gasteiger partial charge in [0, 0.05) is 42.5 Å². The van der Waals surface area contributed by atoms with E-state index in [2.05, 4.69) is 22.3 Å². The summed E-state index contributed by atoms with van der Waals surface area (Å²) < 4.78 is 3.60. The second kappa shape index (κ2) is 7.11. The van der Waals surface area contributed by atoms with Crippen LogP contribution in [0.1, 0.15) is 15.9 Å². The summed E-state index contributed by atoms with van der Waals surface area (Å²) in [5, 5.41) is 18.8. The highest BCUT2D eigenvalue weighted by atomic mass is 16.2. The zero-order valence-electron chi connectivity index (χ0n) is 17.0. The van der Waals surface area contributed by atoms with Crippen LogP contribution in [-0.2, 0) is 7.05 Å². The first-order valence-electron chi connectivity index (χ1n) is 9.73. The molecule has 5 rings (SSSR count). The zero-order chi connectivity index (χ0) is 21.5. The number of pyridine rings is 1. The van der Waals surface area contributed by atoms with Crippen molar-refractivity contribution in [3.63, 3.8) is 0 Å². The van der Waals surface area contributed by atoms with Crippen LogP contribution in [0, 0.1) is 11.3 Å². The van der Waals surface area contributed by atoms with Crippen molar-refractivity contribution in [2.45, 2.75) is 0 Å². The van der Waals surface area contributed by atoms with Crippen molar-refractivity contribution >= 4 is 28.0 Å². The summed E-state index contributed by atoms with van der Waals surface area (Å²) in [4.78, 5) is 14.7. The molecule has 0 fully saturated rings. The molecule has 0 saturated carbocycles. The van der Waals surface area contributed by atoms with Gasteiger partial charge in [-0.2, -0.15) is 15.5 Å². The number of carbonyl (C=O) groups is 1. The average Bonchev–Trinajstić information content (AvgIpc) is 3.41. The van der Waals surface area contributed by atoms with Crippen LogP contribution in [0.3, 0.4) is 0 Å². The highest BCUT2D eigenvalue weighted by Gasteiger charge is 2.16. The summed E-state index contributed by atoms with van der Waals surface area (Å²) in [5.74, 6) is -0.137. The van der Waals surface area contributed by atoms with Crippen LogP contribution in [0.2, 0.25) is 0 Å². The third kappa shape index (κ3) is 3.11. The molecule has 31 heavy (non-hydrogen) atoms. The summed E-state index contributed by atoms with van der Waals surface area (Å²) in [6.45, 7) is 0. The predicted molar refractivity (Wildman–Crippen MR) is 119 cm³/mol. The van der Waals surface area contributed by atoms with Gasteiger partial charge in [0.2, 0.25) is 0 Å². The van der Waals surface area contributed by atoms with Gasteiger partial charge < -0.3 is 4.90 Å². The molecule has 0 atom stereocenters. The van der Waals surface area contributed by atoms with E-state index in [0.29, 0.717) is 11.1 Å². The van der Waals surface area contributed by atoms with E-state index in [-0.39, 0.29) is 5.91 Å². The highest BCUT2D eigenvalue weighted by molar-refractivity contribution is 6.06. The molecular formula is C24H18N6O. The van der Waals surface area contributed by atoms with E-state index >= 15 is 0 Å². The first kappa shape index (κ1) is 18.6. The van der Waals surface area contributed by atoms with E-state index in [1.807, 2.05) is 42.3 Å². The van der Waals surface area contributed by atoms with E-state index in [1.54, 1.807) is 53.0 Å². The second-order valence-corrected chi connectivity index (χ2v) is 7.37. The van der Waals surface area contributed by atoms with Crippen molar-refractivity contribution in [2.24, 2.45) is 7.05 Å². The minimum absolute atomic E-state index is 0.137. The van der Waals surface area contributed by atoms with Gasteiger partial charge in [-0.15, -0.1) is 0 Å². The number of fused-ring (bicyclic) bond motifs is 2. The zero-order valence-corrected chi connectivity index (χ0v) is 17.0. The molecule has 0 unspecified atom stereocenters. The molecule has 7 nitrogen and oxygen atoms in total. The third-order valence-electron chi connectivity index (χ3n) is 5.51. The van der Waals surface area contributed by atoms with Gasteiger partial charge in [-0.05, 0) is 54.1 Å². The summed E-state index contributed by atoms with van der Waals surface area (Å²) in [6.07, 6.45) is 5.44. The lowest BCUT2D eigenvalue weighted by molar-refractivity contribution is 0.0993. The molecule has 7 heteroatoms. The van der Waals surface area contributed by atoms with Gasteiger partial charge in [0.05, 0.1) is 35.1 Å². The molecule has 0 bridgehead atoms. The van der Waals surface area contributed by atoms with Gasteiger partial charge in [0.15, 0.2) is 0 Å². The lowest BCUT2D eigenvalue weighted by atomic mass is 10.0. The number of aryl methyl sites for hydroxylation is 1. The smallest absolute Gasteiger partial charge is 0.258 e. The fraction of sp³-hybridized carbons (Fsp3) is 0.0833. The number of aromatic nitrogens is 4. The van der Waals surface area contributed by atoms with E-state index < -0.39 is 0 Å². The Labute approximate surface area is 178 Å². The lowest BCUT2D eigenvalue weighted by Gasteiger charge is -2.17. The quantitative estimate of drug-likeness (QED) is 0.453. The number of rotatable bonds is 3. The number of amides is 1. The van der Waals surface area contributed by atoms with Gasteiger partial charge in [-0.1, -0.05) is 6.07 Å². The van der Waals surface area contributed by atoms with Crippen LogP contribution < -0.4 is 4.90 Å². The molecule has 0 N–H and O–H groups in total. The predicted octanol–water partition coefficient (Wildman–Crippen LogP) is 4.04. The monoisotopic (exact) mass is 406 g/mol. The van der Waals surface area contributed by atoms with Crippen LogP contribution in [0.25, 0.3) is 27.5 Å². The van der Waals surface area contributed by atoms with Crippen LogP contribution in [-0.4, -0.2) is 32.3 Å². The number of anilines is 1. The van der Waals surface area contributed by atoms with Crippen molar-refractivity contribution in [1.29, 1.82) is 5.26 Å². The first-order valence-corrected chi connectivity index (χ1v) is 9.73. The molecule has 0 spiro atoms. The number of nitrogens with zero attached hydrogens (tertiary/aromatic N) is 6. The molecule has 3 aromatic heterocycles. The molecule has 0 saturated heterocycles. The normalized spacial score (nSPS) is 11.0. The van der Waals surface area contributed by atoms with Gasteiger partial charge in [-0.3, -0.25) is 9.48 Å². The van der Waals surface area contributed by atoms with Gasteiger partial charge in [-0.25, -0.2) is 4.52 Å². The summed E-state index contributed by atoms with van der Waals surface area (Å²) in [6, 6.07) is 18.8. The van der Waals surface area contributed by atoms with Gasteiger partial charge in [0.25, 0.3) is 5.91 Å². The Morgan fingerprint density at radius 2 is 1.81 bits per heavy atom. The minimum Gasteiger partial charge on any atom is -0.311 e. The Morgan fingerprint density at radius 1 is 1.00 bits per heavy atom. The third-order valence-corrected chi connectivity index (χ3v) is 5.51. The number of hydrogen-bond donors (Lipinski definition) is 0. The maximum Gasteiger partial charge on any atom is 0.258 e. The van der Waals surface area contributed by atoms with Crippen molar-refractivity contribution in [3.8, 4) is 17.2 Å². The van der Waals surface area contributed by atoms with Crippen LogP contribution in [0.15, 0.2) is 73.2 Å². The Bertz CT molecular complexity index is 1490. The fourth-order valence-electron chi connectivity index (χ4n) is 3.74. The molecule has 0 aliphatic rings. The van der Waals surface area contributed by atoms with Crippen molar-refractivity contribution in [1.82, 2.24) is 19.4 Å². The molecule has 0 aliphatic heterocycles. The number of hydrogen-bond acceptors (Lipinski definition) is 4. The van der Waals surface area contributed by atoms with Gasteiger partial charge >= 0.3 is 0 Å². The SMILES string of the molecule is CN(C(=O)c1ccn2ncc(-c3ccc4c(cnn4C)c3)c2c1)c1ccc(C#N)cc1. The summed E-state index contributed by atoms with van der Waals surface area (Å²) in [5.41, 5.74) is 5.70. The lowest BCUT2D eigenvalue weighted by Crippen LogP contribution is -2.26. The largest absolute Gasteiger partial charge is 0.311 e. The first-order chi connectivity index (χ1) is 15.0. The number of nitriles is 1. The molecule has 0 aliphatic carbocycles. The summed E-state index contributed by atoms with van der Waals surface area (Å²) in [7, 11) is 3.64. The fourth-order valence-corrected chi connectivity index (χ4v) is 3.74. The van der Waals surface area contributed by atoms with Gasteiger partial charge in [0.1, 0.15) is 0 Å². The van der Waals surface area contributed by atoms with Crippen molar-refractivity contribution < 1.29 is 4.79 Å². The van der Waals surface area contributed by atoms with E-state index in [1.165, 1.54) is 0 Å². The minimum atomic E-state index is -0.137. The Balaban J connectivity index is 1.53. The van der Waals surface area contributed by atoms with Crippen LogP contribution in [0.4, 0.5) is 5.69 Å². The Hall–Kier alpha value is -4.44. The van der Waals surface area contributed by atoms with E-state index in [4.69, 9.17) is 5.26 Å². The standard InChI is InChI=1S/C24H18N6O/c1-28(20-6-3-16(13-25)4-7-20)24(31)18-9-10-30-23(12-18)21(15-27-30)17-5-8-22-19(11-17)14-26-29(22)2/h3-12,14-15H,1-2H3. The molecule has 1 amide bonds. The topological polar surface area (TPSA) is 79.2 Å². The van der Waals surface area contributed by atoms with Crippen molar-refractivity contribution in [2.75, 3.05) is 11.9 Å². The van der Waals surface area contributed by atoms with Crippen molar-refractivity contribution in [3.05, 3.63) is 84.3 Å². The molecular weight excluding hydrogens is 388 g/mol. The average molecular weight is 406 g/mol. The summed E-state index contributed by atoms with van der Waals surface area (Å²) >= 11 is 0. The van der Waals surface area contributed by atoms with Crippen LogP contribution >= 0.6 is 0 Å². The van der Waals surface area contributed by atoms with Crippen LogP contribution in [0.5, 0.6) is 0 Å². The second-order valence-electron chi connectivity index (χ2n) is 7.37. The van der Waals surface area contributed by atoms with E-state index in [9.17, 15) is 4.79 Å². The molecule has 5 aromatic rings. The Morgan fingerprint density at radius 3 is 2.58 bits per heavy atom. The molecule has 0 radical (unpaired) electrons. The molecule has 3 heterocycles. The Kier molecular flexibility index (Phi) is 4.26. The maximum absolute atomic E-state index is 13.1. The molecule has 150 valence electrons. The highest BCUT2D eigenvalue weighted by Crippen LogP contribution is 2.28. The molecule has 2 aromatic carbocycles. The number of carbonyl (C=O) groups excluding carboxylic acids is 1. The number of benzene rings is 2. The maximum atomic E-state index is 13.1.